The average Bonchev–Trinajstić information content (AvgIpc) is 2.87. The first-order valence-corrected chi connectivity index (χ1v) is 12.5. The molecular formula is C30H21ClO3S. The second-order valence-electron chi connectivity index (χ2n) is 8.73. The van der Waals surface area contributed by atoms with E-state index in [0.29, 0.717) is 33.2 Å². The van der Waals surface area contributed by atoms with Gasteiger partial charge in [-0.25, -0.2) is 0 Å². The van der Waals surface area contributed by atoms with Gasteiger partial charge in [-0.05, 0) is 53.9 Å². The number of carbonyl (C=O) groups is 2. The van der Waals surface area contributed by atoms with Crippen LogP contribution in [-0.2, 0) is 0 Å². The molecule has 5 heteroatoms. The standard InChI is InChI=1S/C16H14OS.C14H7ClO2/c1-10(2)11-7-8-15-13(9-11)16(17)12-5-3-4-6-14(12)18-15;15-8-5-6-11-12(7-8)14(17)10-4-2-1-3-9(10)13(11)16/h3-10H,1-2H3;1-7H. The predicted octanol–water partition coefficient (Wildman–Crippen LogP) is 7.65. The third-order valence-electron chi connectivity index (χ3n) is 6.15. The van der Waals surface area contributed by atoms with Crippen LogP contribution >= 0.6 is 22.9 Å². The molecular weight excluding hydrogens is 476 g/mol. The molecule has 0 spiro atoms. The van der Waals surface area contributed by atoms with Crippen molar-refractivity contribution in [1.29, 1.82) is 0 Å². The predicted molar refractivity (Wildman–Crippen MR) is 144 cm³/mol. The number of carbonyl (C=O) groups excluding carboxylic acids is 2. The van der Waals surface area contributed by atoms with Crippen molar-refractivity contribution < 1.29 is 9.59 Å². The summed E-state index contributed by atoms with van der Waals surface area (Å²) in [5.74, 6) is 0.190. The normalized spacial score (nSPS) is 12.3. The summed E-state index contributed by atoms with van der Waals surface area (Å²) in [6.07, 6.45) is 0. The fraction of sp³-hybridized carbons (Fsp3) is 0.100. The monoisotopic (exact) mass is 496 g/mol. The highest BCUT2D eigenvalue weighted by Crippen LogP contribution is 2.29. The van der Waals surface area contributed by atoms with Gasteiger partial charge in [0.05, 0.1) is 0 Å². The highest BCUT2D eigenvalue weighted by Gasteiger charge is 2.29. The van der Waals surface area contributed by atoms with Crippen molar-refractivity contribution in [3.05, 3.63) is 128 Å². The summed E-state index contributed by atoms with van der Waals surface area (Å²) in [7, 11) is 0. The van der Waals surface area contributed by atoms with Gasteiger partial charge >= 0.3 is 0 Å². The number of hydrogen-bond donors (Lipinski definition) is 0. The number of benzene rings is 4. The summed E-state index contributed by atoms with van der Waals surface area (Å²) < 4.78 is 2.13. The van der Waals surface area contributed by atoms with E-state index in [2.05, 4.69) is 26.0 Å². The van der Waals surface area contributed by atoms with E-state index >= 15 is 0 Å². The molecule has 0 atom stereocenters. The second kappa shape index (κ2) is 9.21. The minimum absolute atomic E-state index is 0.119. The van der Waals surface area contributed by atoms with Crippen molar-refractivity contribution in [1.82, 2.24) is 0 Å². The molecule has 35 heavy (non-hydrogen) atoms. The lowest BCUT2D eigenvalue weighted by molar-refractivity contribution is 0.0979. The molecule has 0 fully saturated rings. The zero-order chi connectivity index (χ0) is 24.7. The summed E-state index contributed by atoms with van der Waals surface area (Å²) in [5.41, 5.74) is 3.11. The van der Waals surface area contributed by atoms with Gasteiger partial charge in [0.15, 0.2) is 17.0 Å². The van der Waals surface area contributed by atoms with Gasteiger partial charge in [-0.3, -0.25) is 14.4 Å². The van der Waals surface area contributed by atoms with Gasteiger partial charge in [0, 0.05) is 47.4 Å². The Labute approximate surface area is 211 Å². The minimum Gasteiger partial charge on any atom is -0.289 e. The molecule has 5 aromatic rings. The average molecular weight is 497 g/mol. The molecule has 1 aliphatic carbocycles. The van der Waals surface area contributed by atoms with E-state index in [9.17, 15) is 14.4 Å². The second-order valence-corrected chi connectivity index (χ2v) is 10.3. The Balaban J connectivity index is 0.000000145. The Morgan fingerprint density at radius 2 is 1.23 bits per heavy atom. The number of fused-ring (bicyclic) bond motifs is 4. The molecule has 0 amide bonds. The zero-order valence-electron chi connectivity index (χ0n) is 19.2. The molecule has 0 aliphatic heterocycles. The minimum atomic E-state index is -0.141. The molecule has 6 rings (SSSR count). The Hall–Kier alpha value is -3.60. The Kier molecular flexibility index (Phi) is 6.10. The van der Waals surface area contributed by atoms with Crippen LogP contribution in [0.1, 0.15) is 57.2 Å². The summed E-state index contributed by atoms with van der Waals surface area (Å²) in [6, 6.07) is 25.7. The van der Waals surface area contributed by atoms with Crippen molar-refractivity contribution in [2.75, 3.05) is 0 Å². The van der Waals surface area contributed by atoms with Gasteiger partial charge in [-0.2, -0.15) is 0 Å². The fourth-order valence-corrected chi connectivity index (χ4v) is 5.48. The lowest BCUT2D eigenvalue weighted by Crippen LogP contribution is -2.20. The number of halogens is 1. The van der Waals surface area contributed by atoms with Crippen molar-refractivity contribution in [2.24, 2.45) is 0 Å². The topological polar surface area (TPSA) is 51.2 Å². The van der Waals surface area contributed by atoms with Gasteiger partial charge in [0.2, 0.25) is 0 Å². The maximum atomic E-state index is 12.5. The van der Waals surface area contributed by atoms with E-state index < -0.39 is 0 Å². The van der Waals surface area contributed by atoms with Crippen LogP contribution in [0.5, 0.6) is 0 Å². The first kappa shape index (κ1) is 23.2. The number of ketones is 2. The molecule has 0 bridgehead atoms. The maximum Gasteiger partial charge on any atom is 0.195 e. The van der Waals surface area contributed by atoms with Crippen molar-refractivity contribution in [3.8, 4) is 0 Å². The molecule has 0 saturated carbocycles. The Morgan fingerprint density at radius 3 is 1.94 bits per heavy atom. The quantitative estimate of drug-likeness (QED) is 0.220. The molecule has 4 aromatic carbocycles. The smallest absolute Gasteiger partial charge is 0.195 e. The van der Waals surface area contributed by atoms with Crippen LogP contribution in [0.4, 0.5) is 0 Å². The summed E-state index contributed by atoms with van der Waals surface area (Å²) in [6.45, 7) is 4.30. The molecule has 0 radical (unpaired) electrons. The van der Waals surface area contributed by atoms with Crippen molar-refractivity contribution in [2.45, 2.75) is 19.8 Å². The van der Waals surface area contributed by atoms with Crippen molar-refractivity contribution >= 4 is 54.7 Å². The van der Waals surface area contributed by atoms with Crippen LogP contribution in [-0.4, -0.2) is 11.6 Å². The Bertz CT molecular complexity index is 1700. The van der Waals surface area contributed by atoms with Gasteiger partial charge in [0.25, 0.3) is 0 Å². The zero-order valence-corrected chi connectivity index (χ0v) is 20.7. The van der Waals surface area contributed by atoms with E-state index in [0.717, 1.165) is 20.2 Å². The summed E-state index contributed by atoms with van der Waals surface area (Å²) in [4.78, 5) is 36.8. The third-order valence-corrected chi connectivity index (χ3v) is 7.54. The van der Waals surface area contributed by atoms with E-state index in [4.69, 9.17) is 11.6 Å². The lowest BCUT2D eigenvalue weighted by Gasteiger charge is -2.16. The van der Waals surface area contributed by atoms with Crippen LogP contribution in [0.25, 0.3) is 20.2 Å². The van der Waals surface area contributed by atoms with Gasteiger partial charge in [0.1, 0.15) is 0 Å². The molecule has 0 saturated heterocycles. The molecule has 0 N–H and O–H groups in total. The molecule has 172 valence electrons. The lowest BCUT2D eigenvalue weighted by atomic mass is 9.84. The fourth-order valence-electron chi connectivity index (χ4n) is 4.25. The molecule has 3 nitrogen and oxygen atoms in total. The van der Waals surface area contributed by atoms with Gasteiger partial charge < -0.3 is 0 Å². The van der Waals surface area contributed by atoms with E-state index in [1.807, 2.05) is 30.3 Å². The number of hydrogen-bond acceptors (Lipinski definition) is 4. The SMILES string of the molecule is CC(C)c1ccc2sc3ccccc3c(=O)c2c1.O=C1c2ccccc2C(=O)c2cc(Cl)ccc21. The van der Waals surface area contributed by atoms with Crippen LogP contribution in [0.2, 0.25) is 5.02 Å². The van der Waals surface area contributed by atoms with Gasteiger partial charge in [-0.1, -0.05) is 67.9 Å². The molecule has 1 aliphatic rings. The highest BCUT2D eigenvalue weighted by molar-refractivity contribution is 7.24. The Morgan fingerprint density at radius 1 is 0.629 bits per heavy atom. The molecule has 1 heterocycles. The highest BCUT2D eigenvalue weighted by atomic mass is 35.5. The first-order valence-electron chi connectivity index (χ1n) is 11.3. The van der Waals surface area contributed by atoms with Crippen LogP contribution in [0, 0.1) is 0 Å². The van der Waals surface area contributed by atoms with Crippen LogP contribution < -0.4 is 5.43 Å². The van der Waals surface area contributed by atoms with E-state index in [1.165, 1.54) is 5.56 Å². The maximum absolute atomic E-state index is 12.5. The third kappa shape index (κ3) is 4.20. The van der Waals surface area contributed by atoms with Gasteiger partial charge in [-0.15, -0.1) is 11.3 Å². The van der Waals surface area contributed by atoms with Crippen LogP contribution in [0.15, 0.2) is 89.7 Å². The number of rotatable bonds is 1. The van der Waals surface area contributed by atoms with Crippen LogP contribution in [0.3, 0.4) is 0 Å². The van der Waals surface area contributed by atoms with E-state index in [-0.39, 0.29) is 17.0 Å². The first-order chi connectivity index (χ1) is 16.8. The van der Waals surface area contributed by atoms with E-state index in [1.54, 1.807) is 53.8 Å². The summed E-state index contributed by atoms with van der Waals surface area (Å²) in [5, 5.41) is 2.14. The molecule has 1 aromatic heterocycles. The molecule has 0 unspecified atom stereocenters. The summed E-state index contributed by atoms with van der Waals surface area (Å²) >= 11 is 7.54. The van der Waals surface area contributed by atoms with Crippen molar-refractivity contribution in [3.63, 3.8) is 0 Å². The largest absolute Gasteiger partial charge is 0.289 e.